The zero-order valence-corrected chi connectivity index (χ0v) is 8.66. The summed E-state index contributed by atoms with van der Waals surface area (Å²) in [7, 11) is 1.64. The number of aromatic nitrogens is 2. The van der Waals surface area contributed by atoms with Crippen LogP contribution in [-0.2, 0) is 14.8 Å². The van der Waals surface area contributed by atoms with Gasteiger partial charge in [0, 0.05) is 22.4 Å². The monoisotopic (exact) mass is 230 g/mol. The molecule has 0 atom stereocenters. The smallest absolute Gasteiger partial charge is 0.236 e. The van der Waals surface area contributed by atoms with E-state index in [9.17, 15) is 8.42 Å². The van der Waals surface area contributed by atoms with Crippen molar-refractivity contribution in [3.8, 4) is 0 Å². The van der Waals surface area contributed by atoms with Gasteiger partial charge in [0.15, 0.2) is 0 Å². The fourth-order valence-electron chi connectivity index (χ4n) is 1.28. The summed E-state index contributed by atoms with van der Waals surface area (Å²) >= 11 is 0. The van der Waals surface area contributed by atoms with E-state index < -0.39 is 9.05 Å². The number of halogens is 1. The van der Waals surface area contributed by atoms with Gasteiger partial charge < -0.3 is 0 Å². The van der Waals surface area contributed by atoms with Gasteiger partial charge >= 0.3 is 0 Å². The van der Waals surface area contributed by atoms with Crippen molar-refractivity contribution in [2.24, 2.45) is 0 Å². The van der Waals surface area contributed by atoms with Gasteiger partial charge in [-0.1, -0.05) is 6.07 Å². The van der Waals surface area contributed by atoms with E-state index in [1.807, 2.05) is 12.1 Å². The van der Waals surface area contributed by atoms with Crippen LogP contribution in [0.25, 0.3) is 5.52 Å². The Kier molecular flexibility index (Phi) is 2.20. The van der Waals surface area contributed by atoms with Gasteiger partial charge in [0.25, 0.3) is 0 Å². The Morgan fingerprint density at radius 3 is 2.93 bits per heavy atom. The molecule has 0 spiro atoms. The van der Waals surface area contributed by atoms with Gasteiger partial charge in [0.05, 0.1) is 17.5 Å². The number of rotatable bonds is 2. The third-order valence-electron chi connectivity index (χ3n) is 1.83. The number of fused-ring (bicyclic) bond motifs is 1. The fourth-order valence-corrected chi connectivity index (χ4v) is 2.23. The number of hydrogen-bond donors (Lipinski definition) is 0. The van der Waals surface area contributed by atoms with Crippen molar-refractivity contribution in [2.75, 3.05) is 0 Å². The SMILES string of the molecule is O=S(=O)(Cl)Cc1cnn2ccccc12. The van der Waals surface area contributed by atoms with Gasteiger partial charge in [0.2, 0.25) is 9.05 Å². The summed E-state index contributed by atoms with van der Waals surface area (Å²) in [6.07, 6.45) is 3.26. The van der Waals surface area contributed by atoms with Crippen LogP contribution in [0, 0.1) is 0 Å². The summed E-state index contributed by atoms with van der Waals surface area (Å²) in [5.41, 5.74) is 1.37. The maximum atomic E-state index is 10.9. The first-order chi connectivity index (χ1) is 6.56. The van der Waals surface area contributed by atoms with Crippen LogP contribution in [0.1, 0.15) is 5.56 Å². The Morgan fingerprint density at radius 1 is 1.43 bits per heavy atom. The molecule has 0 N–H and O–H groups in total. The average Bonchev–Trinajstić information content (AvgIpc) is 2.47. The first kappa shape index (κ1) is 9.48. The number of pyridine rings is 1. The highest BCUT2D eigenvalue weighted by Gasteiger charge is 2.11. The predicted octanol–water partition coefficient (Wildman–Crippen LogP) is 1.40. The molecule has 2 aromatic rings. The molecule has 0 aromatic carbocycles. The van der Waals surface area contributed by atoms with Crippen LogP contribution in [0.3, 0.4) is 0 Å². The topological polar surface area (TPSA) is 51.4 Å². The van der Waals surface area contributed by atoms with Gasteiger partial charge in [0.1, 0.15) is 0 Å². The molecule has 0 radical (unpaired) electrons. The minimum Gasteiger partial charge on any atom is -0.241 e. The largest absolute Gasteiger partial charge is 0.241 e. The van der Waals surface area contributed by atoms with E-state index in [4.69, 9.17) is 10.7 Å². The van der Waals surface area contributed by atoms with Crippen LogP contribution in [0.5, 0.6) is 0 Å². The molecule has 0 saturated heterocycles. The van der Waals surface area contributed by atoms with Crippen molar-refractivity contribution in [3.05, 3.63) is 36.2 Å². The van der Waals surface area contributed by atoms with Gasteiger partial charge in [-0.3, -0.25) is 0 Å². The fraction of sp³-hybridized carbons (Fsp3) is 0.125. The van der Waals surface area contributed by atoms with E-state index in [-0.39, 0.29) is 5.75 Å². The molecule has 4 nitrogen and oxygen atoms in total. The number of hydrogen-bond acceptors (Lipinski definition) is 3. The highest BCUT2D eigenvalue weighted by atomic mass is 35.7. The maximum Gasteiger partial charge on any atom is 0.236 e. The van der Waals surface area contributed by atoms with Crippen LogP contribution >= 0.6 is 10.7 Å². The minimum absolute atomic E-state index is 0.192. The van der Waals surface area contributed by atoms with E-state index >= 15 is 0 Å². The molecule has 0 fully saturated rings. The van der Waals surface area contributed by atoms with Crippen molar-refractivity contribution in [2.45, 2.75) is 5.75 Å². The highest BCUT2D eigenvalue weighted by Crippen LogP contribution is 2.15. The van der Waals surface area contributed by atoms with Crippen molar-refractivity contribution in [1.29, 1.82) is 0 Å². The Labute approximate surface area is 85.5 Å². The standard InChI is InChI=1S/C8H7ClN2O2S/c9-14(12,13)6-7-5-10-11-4-2-1-3-8(7)11/h1-5H,6H2. The van der Waals surface area contributed by atoms with Crippen LogP contribution in [0.2, 0.25) is 0 Å². The van der Waals surface area contributed by atoms with E-state index in [0.29, 0.717) is 5.56 Å². The molecule has 0 aliphatic heterocycles. The molecule has 14 heavy (non-hydrogen) atoms. The number of nitrogens with zero attached hydrogens (tertiary/aromatic N) is 2. The zero-order chi connectivity index (χ0) is 10.2. The Balaban J connectivity index is 2.54. The molecule has 6 heteroatoms. The normalized spacial score (nSPS) is 12.1. The molecule has 0 unspecified atom stereocenters. The summed E-state index contributed by atoms with van der Waals surface area (Å²) in [6.45, 7) is 0. The van der Waals surface area contributed by atoms with Crippen LogP contribution in [-0.4, -0.2) is 18.0 Å². The van der Waals surface area contributed by atoms with E-state index in [0.717, 1.165) is 5.52 Å². The first-order valence-corrected chi connectivity index (χ1v) is 6.38. The second kappa shape index (κ2) is 3.25. The lowest BCUT2D eigenvalue weighted by atomic mass is 10.3. The molecule has 0 aliphatic carbocycles. The van der Waals surface area contributed by atoms with E-state index in [1.165, 1.54) is 6.20 Å². The van der Waals surface area contributed by atoms with Crippen molar-refractivity contribution in [3.63, 3.8) is 0 Å². The zero-order valence-electron chi connectivity index (χ0n) is 7.09. The molecule has 2 heterocycles. The minimum atomic E-state index is -3.52. The maximum absolute atomic E-state index is 10.9. The highest BCUT2D eigenvalue weighted by molar-refractivity contribution is 8.13. The van der Waals surface area contributed by atoms with E-state index in [2.05, 4.69) is 5.10 Å². The summed E-state index contributed by atoms with van der Waals surface area (Å²) in [4.78, 5) is 0. The molecule has 2 aromatic heterocycles. The van der Waals surface area contributed by atoms with Crippen LogP contribution in [0.4, 0.5) is 0 Å². The molecule has 0 amide bonds. The molecule has 2 rings (SSSR count). The quantitative estimate of drug-likeness (QED) is 0.733. The first-order valence-electron chi connectivity index (χ1n) is 3.90. The van der Waals surface area contributed by atoms with Crippen LogP contribution in [0.15, 0.2) is 30.6 Å². The molecule has 0 saturated carbocycles. The Bertz CT molecular complexity index is 561. The third kappa shape index (κ3) is 1.88. The van der Waals surface area contributed by atoms with Gasteiger partial charge in [-0.25, -0.2) is 12.9 Å². The lowest BCUT2D eigenvalue weighted by Crippen LogP contribution is -1.94. The van der Waals surface area contributed by atoms with Crippen molar-refractivity contribution in [1.82, 2.24) is 9.61 Å². The van der Waals surface area contributed by atoms with Crippen molar-refractivity contribution < 1.29 is 8.42 Å². The summed E-state index contributed by atoms with van der Waals surface area (Å²) in [5.74, 6) is -0.192. The van der Waals surface area contributed by atoms with Gasteiger partial charge in [-0.05, 0) is 12.1 Å². The van der Waals surface area contributed by atoms with Gasteiger partial charge in [-0.15, -0.1) is 0 Å². The summed E-state index contributed by atoms with van der Waals surface area (Å²) < 4.78 is 23.3. The predicted molar refractivity (Wildman–Crippen MR) is 53.7 cm³/mol. The van der Waals surface area contributed by atoms with Gasteiger partial charge in [-0.2, -0.15) is 5.10 Å². The molecule has 74 valence electrons. The van der Waals surface area contributed by atoms with Crippen LogP contribution < -0.4 is 0 Å². The van der Waals surface area contributed by atoms with E-state index in [1.54, 1.807) is 16.8 Å². The average molecular weight is 231 g/mol. The second-order valence-corrected chi connectivity index (χ2v) is 5.66. The Morgan fingerprint density at radius 2 is 2.21 bits per heavy atom. The summed E-state index contributed by atoms with van der Waals surface area (Å²) in [6, 6.07) is 5.44. The lowest BCUT2D eigenvalue weighted by molar-refractivity contribution is 0.609. The lowest BCUT2D eigenvalue weighted by Gasteiger charge is -1.94. The van der Waals surface area contributed by atoms with Crippen molar-refractivity contribution >= 4 is 25.2 Å². The third-order valence-corrected chi connectivity index (χ3v) is 2.82. The Hall–Kier alpha value is -1.07. The molecular formula is C8H7ClN2O2S. The molecular weight excluding hydrogens is 224 g/mol. The second-order valence-electron chi connectivity index (χ2n) is 2.88. The molecule has 0 bridgehead atoms. The molecule has 0 aliphatic rings. The summed E-state index contributed by atoms with van der Waals surface area (Å²) in [5, 5.41) is 4.00.